The molecule has 2 atom stereocenters. The Labute approximate surface area is 97.0 Å². The number of hydrogen-bond donors (Lipinski definition) is 1. The van der Waals surface area contributed by atoms with E-state index in [1.807, 2.05) is 4.90 Å². The third kappa shape index (κ3) is 1.69. The van der Waals surface area contributed by atoms with Crippen LogP contribution in [0.1, 0.15) is 25.7 Å². The molecule has 0 aromatic carbocycles. The van der Waals surface area contributed by atoms with Gasteiger partial charge in [0.05, 0.1) is 0 Å². The number of hydrogen-bond acceptors (Lipinski definition) is 2. The quantitative estimate of drug-likeness (QED) is 0.662. The van der Waals surface area contributed by atoms with Gasteiger partial charge >= 0.3 is 6.03 Å². The summed E-state index contributed by atoms with van der Waals surface area (Å²) >= 11 is 0. The second kappa shape index (κ2) is 4.24. The molecular formula is C12H21N3O. The zero-order valence-electron chi connectivity index (χ0n) is 9.82. The summed E-state index contributed by atoms with van der Waals surface area (Å²) in [5, 5.41) is 3.43. The second-order valence-electron chi connectivity index (χ2n) is 5.30. The van der Waals surface area contributed by atoms with Crippen molar-refractivity contribution in [3.8, 4) is 0 Å². The lowest BCUT2D eigenvalue weighted by Gasteiger charge is -2.39. The summed E-state index contributed by atoms with van der Waals surface area (Å²) in [6.45, 7) is 5.02. The molecule has 0 radical (unpaired) electrons. The molecule has 3 aliphatic heterocycles. The van der Waals surface area contributed by atoms with Crippen molar-refractivity contribution in [2.24, 2.45) is 5.92 Å². The molecule has 90 valence electrons. The van der Waals surface area contributed by atoms with Crippen LogP contribution >= 0.6 is 0 Å². The highest BCUT2D eigenvalue weighted by Gasteiger charge is 2.39. The van der Waals surface area contributed by atoms with E-state index in [1.54, 1.807) is 0 Å². The van der Waals surface area contributed by atoms with Crippen molar-refractivity contribution in [2.75, 3.05) is 32.7 Å². The van der Waals surface area contributed by atoms with Crippen LogP contribution in [-0.4, -0.2) is 54.6 Å². The minimum Gasteiger partial charge on any atom is -0.325 e. The van der Waals surface area contributed by atoms with Crippen molar-refractivity contribution >= 4 is 6.03 Å². The second-order valence-corrected chi connectivity index (χ2v) is 5.30. The van der Waals surface area contributed by atoms with E-state index in [9.17, 15) is 4.79 Å². The Bertz CT molecular complexity index is 275. The number of likely N-dealkylation sites (tertiary alicyclic amines) is 2. The van der Waals surface area contributed by atoms with Crippen molar-refractivity contribution < 1.29 is 4.79 Å². The maximum absolute atomic E-state index is 12.4. The van der Waals surface area contributed by atoms with Gasteiger partial charge in [-0.3, -0.25) is 0 Å². The van der Waals surface area contributed by atoms with Gasteiger partial charge < -0.3 is 15.1 Å². The van der Waals surface area contributed by atoms with Crippen molar-refractivity contribution in [3.05, 3.63) is 0 Å². The van der Waals surface area contributed by atoms with Crippen LogP contribution in [0.2, 0.25) is 0 Å². The maximum Gasteiger partial charge on any atom is 0.320 e. The van der Waals surface area contributed by atoms with Gasteiger partial charge in [-0.1, -0.05) is 0 Å². The number of amides is 2. The van der Waals surface area contributed by atoms with E-state index in [2.05, 4.69) is 10.2 Å². The lowest BCUT2D eigenvalue weighted by molar-refractivity contribution is 0.111. The van der Waals surface area contributed by atoms with Crippen LogP contribution in [0.15, 0.2) is 0 Å². The van der Waals surface area contributed by atoms with Gasteiger partial charge in [0.25, 0.3) is 0 Å². The highest BCUT2D eigenvalue weighted by molar-refractivity contribution is 5.75. The number of rotatable bonds is 0. The molecule has 3 rings (SSSR count). The van der Waals surface area contributed by atoms with E-state index >= 15 is 0 Å². The fourth-order valence-corrected chi connectivity index (χ4v) is 3.40. The highest BCUT2D eigenvalue weighted by Crippen LogP contribution is 2.27. The van der Waals surface area contributed by atoms with Crippen molar-refractivity contribution in [1.29, 1.82) is 0 Å². The summed E-state index contributed by atoms with van der Waals surface area (Å²) in [6.07, 6.45) is 4.85. The summed E-state index contributed by atoms with van der Waals surface area (Å²) < 4.78 is 0. The van der Waals surface area contributed by atoms with E-state index in [-0.39, 0.29) is 0 Å². The van der Waals surface area contributed by atoms with Crippen LogP contribution in [0.5, 0.6) is 0 Å². The van der Waals surface area contributed by atoms with Gasteiger partial charge in [-0.05, 0) is 31.6 Å². The Hall–Kier alpha value is -0.770. The molecule has 3 fully saturated rings. The molecular weight excluding hydrogens is 202 g/mol. The molecule has 3 heterocycles. The Morgan fingerprint density at radius 3 is 2.69 bits per heavy atom. The largest absolute Gasteiger partial charge is 0.325 e. The zero-order chi connectivity index (χ0) is 11.0. The van der Waals surface area contributed by atoms with Gasteiger partial charge in [0.15, 0.2) is 0 Å². The molecule has 0 spiro atoms. The number of nitrogens with one attached hydrogen (secondary N) is 1. The lowest BCUT2D eigenvalue weighted by atomic mass is 9.92. The van der Waals surface area contributed by atoms with Gasteiger partial charge in [0.2, 0.25) is 0 Å². The smallest absolute Gasteiger partial charge is 0.320 e. The van der Waals surface area contributed by atoms with Crippen LogP contribution < -0.4 is 5.32 Å². The van der Waals surface area contributed by atoms with Crippen LogP contribution in [-0.2, 0) is 0 Å². The topological polar surface area (TPSA) is 35.6 Å². The first-order valence-electron chi connectivity index (χ1n) is 6.62. The Morgan fingerprint density at radius 1 is 1.06 bits per heavy atom. The van der Waals surface area contributed by atoms with E-state index in [0.29, 0.717) is 18.0 Å². The van der Waals surface area contributed by atoms with Crippen LogP contribution in [0.3, 0.4) is 0 Å². The first-order valence-corrected chi connectivity index (χ1v) is 6.62. The average molecular weight is 223 g/mol. The van der Waals surface area contributed by atoms with Gasteiger partial charge in [0, 0.05) is 38.8 Å². The third-order valence-corrected chi connectivity index (χ3v) is 4.30. The monoisotopic (exact) mass is 223 g/mol. The van der Waals surface area contributed by atoms with Crippen molar-refractivity contribution in [2.45, 2.75) is 31.7 Å². The number of carbonyl (C=O) groups is 1. The molecule has 0 aromatic rings. The molecule has 0 saturated carbocycles. The molecule has 1 N–H and O–H groups in total. The van der Waals surface area contributed by atoms with E-state index in [0.717, 1.165) is 32.7 Å². The van der Waals surface area contributed by atoms with Crippen molar-refractivity contribution in [3.63, 3.8) is 0 Å². The highest BCUT2D eigenvalue weighted by atomic mass is 16.2. The minimum atomic E-state index is 0.302. The minimum absolute atomic E-state index is 0.302. The maximum atomic E-state index is 12.4. The first kappa shape index (κ1) is 10.4. The standard InChI is InChI=1S/C12H21N3O/c16-12(14-5-1-2-6-14)15-7-3-4-10-8-13-9-11(10)15/h10-11,13H,1-9H2. The molecule has 0 bridgehead atoms. The molecule has 16 heavy (non-hydrogen) atoms. The molecule has 0 aliphatic carbocycles. The van der Waals surface area contributed by atoms with E-state index < -0.39 is 0 Å². The number of nitrogens with zero attached hydrogens (tertiary/aromatic N) is 2. The van der Waals surface area contributed by atoms with Crippen LogP contribution in [0.25, 0.3) is 0 Å². The molecule has 2 unspecified atom stereocenters. The number of urea groups is 1. The summed E-state index contributed by atoms with van der Waals surface area (Å²) in [5.74, 6) is 0.709. The summed E-state index contributed by atoms with van der Waals surface area (Å²) in [4.78, 5) is 16.5. The van der Waals surface area contributed by atoms with Crippen LogP contribution in [0.4, 0.5) is 4.79 Å². The summed E-state index contributed by atoms with van der Waals surface area (Å²) in [6, 6.07) is 0.776. The first-order chi connectivity index (χ1) is 7.86. The number of carbonyl (C=O) groups excluding carboxylic acids is 1. The van der Waals surface area contributed by atoms with Gasteiger partial charge in [-0.25, -0.2) is 4.79 Å². The normalized spacial score (nSPS) is 34.2. The van der Waals surface area contributed by atoms with Crippen molar-refractivity contribution in [1.82, 2.24) is 15.1 Å². The van der Waals surface area contributed by atoms with Gasteiger partial charge in [-0.15, -0.1) is 0 Å². The summed E-state index contributed by atoms with van der Waals surface area (Å²) in [5.41, 5.74) is 0. The summed E-state index contributed by atoms with van der Waals surface area (Å²) in [7, 11) is 0. The Kier molecular flexibility index (Phi) is 2.75. The zero-order valence-corrected chi connectivity index (χ0v) is 9.82. The van der Waals surface area contributed by atoms with Gasteiger partial charge in [0.1, 0.15) is 0 Å². The van der Waals surface area contributed by atoms with Gasteiger partial charge in [-0.2, -0.15) is 0 Å². The average Bonchev–Trinajstić information content (AvgIpc) is 2.98. The fourth-order valence-electron chi connectivity index (χ4n) is 3.40. The predicted octanol–water partition coefficient (Wildman–Crippen LogP) is 0.886. The van der Waals surface area contributed by atoms with Crippen LogP contribution in [0, 0.1) is 5.92 Å². The number of piperidine rings is 1. The third-order valence-electron chi connectivity index (χ3n) is 4.30. The molecule has 0 aromatic heterocycles. The van der Waals surface area contributed by atoms with E-state index in [1.165, 1.54) is 25.7 Å². The fraction of sp³-hybridized carbons (Fsp3) is 0.917. The molecule has 2 amide bonds. The molecule has 4 heteroatoms. The predicted molar refractivity (Wildman–Crippen MR) is 62.3 cm³/mol. The SMILES string of the molecule is O=C(N1CCCC1)N1CCCC2CNCC21. The number of fused-ring (bicyclic) bond motifs is 1. The molecule has 3 aliphatic rings. The Morgan fingerprint density at radius 2 is 1.88 bits per heavy atom. The van der Waals surface area contributed by atoms with E-state index in [4.69, 9.17) is 0 Å². The Balaban J connectivity index is 1.70. The molecule has 3 saturated heterocycles. The lowest BCUT2D eigenvalue weighted by Crippen LogP contribution is -2.52. The molecule has 4 nitrogen and oxygen atoms in total.